The highest BCUT2D eigenvalue weighted by atomic mass is 16.5. The van der Waals surface area contributed by atoms with Crippen LogP contribution in [0.1, 0.15) is 0 Å². The number of aromatic nitrogens is 2. The number of hydrogen-bond acceptors (Lipinski definition) is 3. The Kier molecular flexibility index (Phi) is 6.12. The third kappa shape index (κ3) is 4.58. The minimum Gasteiger partial charge on any atom is -0.455 e. The van der Waals surface area contributed by atoms with E-state index in [0.717, 1.165) is 67.4 Å². The van der Waals surface area contributed by atoms with E-state index in [0.29, 0.717) is 5.82 Å². The van der Waals surface area contributed by atoms with Gasteiger partial charge in [0.05, 0.1) is 11.4 Å². The summed E-state index contributed by atoms with van der Waals surface area (Å²) in [6.07, 6.45) is 0. The van der Waals surface area contributed by atoms with Crippen LogP contribution in [0, 0.1) is 0 Å². The van der Waals surface area contributed by atoms with Gasteiger partial charge in [0.1, 0.15) is 11.5 Å². The highest BCUT2D eigenvalue weighted by molar-refractivity contribution is 5.94. The molecular formula is C40H26N2O. The van der Waals surface area contributed by atoms with Crippen molar-refractivity contribution >= 4 is 0 Å². The summed E-state index contributed by atoms with van der Waals surface area (Å²) in [5, 5.41) is 0. The predicted molar refractivity (Wildman–Crippen MR) is 175 cm³/mol. The first kappa shape index (κ1) is 25.0. The Morgan fingerprint density at radius 2 is 0.837 bits per heavy atom. The van der Waals surface area contributed by atoms with E-state index < -0.39 is 0 Å². The van der Waals surface area contributed by atoms with Gasteiger partial charge in [-0.25, -0.2) is 9.97 Å². The van der Waals surface area contributed by atoms with Crippen LogP contribution in [-0.2, 0) is 0 Å². The van der Waals surface area contributed by atoms with E-state index in [1.54, 1.807) is 0 Å². The lowest BCUT2D eigenvalue weighted by molar-refractivity contribution is 0.489. The van der Waals surface area contributed by atoms with Gasteiger partial charge in [-0.3, -0.25) is 0 Å². The van der Waals surface area contributed by atoms with Crippen LogP contribution in [0.2, 0.25) is 0 Å². The Labute approximate surface area is 250 Å². The van der Waals surface area contributed by atoms with Gasteiger partial charge >= 0.3 is 0 Å². The van der Waals surface area contributed by atoms with Crippen molar-refractivity contribution in [2.75, 3.05) is 0 Å². The van der Waals surface area contributed by atoms with Crippen LogP contribution in [0.4, 0.5) is 0 Å². The van der Waals surface area contributed by atoms with Gasteiger partial charge in [-0.2, -0.15) is 0 Å². The molecule has 202 valence electrons. The Morgan fingerprint density at radius 1 is 0.349 bits per heavy atom. The second kappa shape index (κ2) is 10.6. The molecule has 1 aromatic heterocycles. The third-order valence-electron chi connectivity index (χ3n) is 7.92. The van der Waals surface area contributed by atoms with Gasteiger partial charge in [0, 0.05) is 33.4 Å². The largest absolute Gasteiger partial charge is 0.455 e. The smallest absolute Gasteiger partial charge is 0.160 e. The third-order valence-corrected chi connectivity index (χ3v) is 7.92. The Balaban J connectivity index is 1.29. The van der Waals surface area contributed by atoms with Gasteiger partial charge in [-0.1, -0.05) is 140 Å². The number of fused-ring (bicyclic) bond motifs is 5. The van der Waals surface area contributed by atoms with E-state index in [-0.39, 0.29) is 0 Å². The first-order valence-electron chi connectivity index (χ1n) is 14.4. The molecule has 0 N–H and O–H groups in total. The fourth-order valence-electron chi connectivity index (χ4n) is 5.84. The van der Waals surface area contributed by atoms with E-state index in [1.165, 1.54) is 5.56 Å². The molecule has 1 aliphatic rings. The van der Waals surface area contributed by atoms with Crippen LogP contribution < -0.4 is 4.74 Å². The second-order valence-corrected chi connectivity index (χ2v) is 10.6. The average Bonchev–Trinajstić information content (AvgIpc) is 3.23. The van der Waals surface area contributed by atoms with E-state index in [4.69, 9.17) is 14.7 Å². The molecule has 8 rings (SSSR count). The second-order valence-electron chi connectivity index (χ2n) is 10.6. The lowest BCUT2D eigenvalue weighted by atomic mass is 9.92. The summed E-state index contributed by atoms with van der Waals surface area (Å²) in [5.41, 5.74) is 11.4. The van der Waals surface area contributed by atoms with Crippen LogP contribution in [0.5, 0.6) is 11.5 Å². The fraction of sp³-hybridized carbons (Fsp3) is 0. The van der Waals surface area contributed by atoms with Crippen LogP contribution in [0.3, 0.4) is 0 Å². The SMILES string of the molecule is c1ccc(-c2cc(-c3ccccc3)nc(-c3cccc(-c4cccc5c4Oc4ccccc4-c4ccccc4-5)c3)n2)cc1. The molecule has 0 bridgehead atoms. The monoisotopic (exact) mass is 550 g/mol. The summed E-state index contributed by atoms with van der Waals surface area (Å²) >= 11 is 0. The zero-order valence-electron chi connectivity index (χ0n) is 23.3. The quantitative estimate of drug-likeness (QED) is 0.219. The molecule has 0 atom stereocenters. The van der Waals surface area contributed by atoms with Gasteiger partial charge in [0.2, 0.25) is 0 Å². The van der Waals surface area contributed by atoms with Crippen LogP contribution in [-0.4, -0.2) is 9.97 Å². The van der Waals surface area contributed by atoms with Crippen LogP contribution in [0.25, 0.3) is 67.3 Å². The standard InChI is InChI=1S/C40H26N2O/c1-3-13-27(14-4-1)36-26-37(28-15-5-2-6-16-28)42-40(41-36)30-18-11-17-29(25-30)31-22-12-23-35-33-20-8-7-19-32(33)34-21-9-10-24-38(34)43-39(31)35/h1-26H. The molecule has 0 amide bonds. The number of rotatable bonds is 4. The molecular weight excluding hydrogens is 524 g/mol. The van der Waals surface area contributed by atoms with E-state index >= 15 is 0 Å². The average molecular weight is 551 g/mol. The molecule has 0 unspecified atom stereocenters. The number of ether oxygens (including phenoxy) is 1. The minimum atomic E-state index is 0.681. The fourth-order valence-corrected chi connectivity index (χ4v) is 5.84. The lowest BCUT2D eigenvalue weighted by Gasteiger charge is -2.15. The van der Waals surface area contributed by atoms with Crippen molar-refractivity contribution in [3.63, 3.8) is 0 Å². The van der Waals surface area contributed by atoms with Crippen molar-refractivity contribution in [2.24, 2.45) is 0 Å². The normalized spacial score (nSPS) is 11.4. The molecule has 1 aliphatic heterocycles. The van der Waals surface area contributed by atoms with Crippen molar-refractivity contribution in [3.05, 3.63) is 158 Å². The molecule has 0 aliphatic carbocycles. The maximum absolute atomic E-state index is 6.74. The molecule has 6 aromatic carbocycles. The summed E-state index contributed by atoms with van der Waals surface area (Å²) in [5.74, 6) is 2.38. The van der Waals surface area contributed by atoms with Gasteiger partial charge < -0.3 is 4.74 Å². The van der Waals surface area contributed by atoms with Gasteiger partial charge in [-0.15, -0.1) is 0 Å². The molecule has 0 spiro atoms. The van der Waals surface area contributed by atoms with E-state index in [9.17, 15) is 0 Å². The molecule has 0 saturated heterocycles. The molecule has 43 heavy (non-hydrogen) atoms. The molecule has 0 saturated carbocycles. The molecule has 3 heteroatoms. The van der Waals surface area contributed by atoms with Gasteiger partial charge in [0.15, 0.2) is 5.82 Å². The number of benzene rings is 6. The van der Waals surface area contributed by atoms with Gasteiger partial charge in [0.25, 0.3) is 0 Å². The Morgan fingerprint density at radius 3 is 1.53 bits per heavy atom. The molecule has 0 radical (unpaired) electrons. The molecule has 2 heterocycles. The first-order chi connectivity index (χ1) is 21.3. The maximum Gasteiger partial charge on any atom is 0.160 e. The van der Waals surface area contributed by atoms with Gasteiger partial charge in [-0.05, 0) is 34.9 Å². The molecule has 0 fully saturated rings. The zero-order chi connectivity index (χ0) is 28.6. The van der Waals surface area contributed by atoms with Crippen molar-refractivity contribution in [2.45, 2.75) is 0 Å². The summed E-state index contributed by atoms with van der Waals surface area (Å²) in [6.45, 7) is 0. The number of hydrogen-bond donors (Lipinski definition) is 0. The maximum atomic E-state index is 6.74. The summed E-state index contributed by atoms with van der Waals surface area (Å²) in [4.78, 5) is 10.1. The predicted octanol–water partition coefficient (Wildman–Crippen LogP) is 10.6. The summed E-state index contributed by atoms with van der Waals surface area (Å²) in [7, 11) is 0. The summed E-state index contributed by atoms with van der Waals surface area (Å²) < 4.78 is 6.74. The zero-order valence-corrected chi connectivity index (χ0v) is 23.3. The van der Waals surface area contributed by atoms with E-state index in [1.807, 2.05) is 48.5 Å². The number of para-hydroxylation sites is 2. The highest BCUT2D eigenvalue weighted by Crippen LogP contribution is 2.50. The van der Waals surface area contributed by atoms with Crippen molar-refractivity contribution in [1.82, 2.24) is 9.97 Å². The van der Waals surface area contributed by atoms with Crippen molar-refractivity contribution in [3.8, 4) is 78.8 Å². The van der Waals surface area contributed by atoms with Crippen LogP contribution >= 0.6 is 0 Å². The Bertz CT molecular complexity index is 2040. The topological polar surface area (TPSA) is 35.0 Å². The molecule has 3 nitrogen and oxygen atoms in total. The highest BCUT2D eigenvalue weighted by Gasteiger charge is 2.23. The van der Waals surface area contributed by atoms with Crippen molar-refractivity contribution < 1.29 is 4.74 Å². The van der Waals surface area contributed by atoms with Crippen LogP contribution in [0.15, 0.2) is 158 Å². The lowest BCUT2D eigenvalue weighted by Crippen LogP contribution is -1.96. The Hall–Kier alpha value is -5.80. The number of nitrogens with zero attached hydrogens (tertiary/aromatic N) is 2. The first-order valence-corrected chi connectivity index (χ1v) is 14.4. The molecule has 7 aromatic rings. The minimum absolute atomic E-state index is 0.681. The summed E-state index contributed by atoms with van der Waals surface area (Å²) in [6, 6.07) is 54.2. The van der Waals surface area contributed by atoms with Crippen molar-refractivity contribution in [1.29, 1.82) is 0 Å². The van der Waals surface area contributed by atoms with E-state index in [2.05, 4.69) is 109 Å².